The molecule has 1 atom stereocenters. The highest BCUT2D eigenvalue weighted by Gasteiger charge is 2.09. The van der Waals surface area contributed by atoms with Crippen molar-refractivity contribution in [3.8, 4) is 0 Å². The summed E-state index contributed by atoms with van der Waals surface area (Å²) in [6.07, 6.45) is 9.02. The van der Waals surface area contributed by atoms with Gasteiger partial charge in [-0.3, -0.25) is 4.98 Å². The largest absolute Gasteiger partial charge is 0.262 e. The van der Waals surface area contributed by atoms with Crippen LogP contribution in [0.2, 0.25) is 0 Å². The maximum atomic E-state index is 13.4. The van der Waals surface area contributed by atoms with Crippen molar-refractivity contribution < 1.29 is 4.39 Å². The maximum Gasteiger partial charge on any atom is 0.144 e. The fourth-order valence-electron chi connectivity index (χ4n) is 1.82. The van der Waals surface area contributed by atoms with Crippen molar-refractivity contribution in [2.24, 2.45) is 0 Å². The minimum Gasteiger partial charge on any atom is -0.262 e. The van der Waals surface area contributed by atoms with Crippen LogP contribution in [0.25, 0.3) is 0 Å². The van der Waals surface area contributed by atoms with Crippen LogP contribution in [0, 0.1) is 5.82 Å². The Kier molecular flexibility index (Phi) is 5.30. The van der Waals surface area contributed by atoms with Gasteiger partial charge in [0.25, 0.3) is 0 Å². The van der Waals surface area contributed by atoms with Gasteiger partial charge in [-0.25, -0.2) is 4.39 Å². The molecule has 1 rings (SSSR count). The molecule has 0 aliphatic rings. The molecule has 0 aromatic carbocycles. The van der Waals surface area contributed by atoms with Gasteiger partial charge in [-0.15, -0.1) is 0 Å². The molecule has 0 aliphatic carbocycles. The van der Waals surface area contributed by atoms with Gasteiger partial charge in [-0.2, -0.15) is 0 Å². The average Bonchev–Trinajstić information content (AvgIpc) is 2.25. The second-order valence-corrected chi connectivity index (χ2v) is 4.15. The Morgan fingerprint density at radius 2 is 2.13 bits per heavy atom. The second kappa shape index (κ2) is 6.54. The van der Waals surface area contributed by atoms with Crippen LogP contribution in [0.15, 0.2) is 18.5 Å². The van der Waals surface area contributed by atoms with Crippen LogP contribution < -0.4 is 0 Å². The molecule has 1 heterocycles. The topological polar surface area (TPSA) is 12.9 Å². The van der Waals surface area contributed by atoms with Gasteiger partial charge in [0.15, 0.2) is 0 Å². The molecule has 0 bridgehead atoms. The van der Waals surface area contributed by atoms with Crippen LogP contribution in [0.4, 0.5) is 4.39 Å². The standard InChI is InChI=1S/C13H20FN/c1-3-4-5-6-7-11(2)12-8-9-15-10-13(12)14/h8-11H,3-7H2,1-2H3. The highest BCUT2D eigenvalue weighted by molar-refractivity contribution is 5.16. The van der Waals surface area contributed by atoms with E-state index in [2.05, 4.69) is 18.8 Å². The van der Waals surface area contributed by atoms with E-state index in [9.17, 15) is 4.39 Å². The third-order valence-corrected chi connectivity index (χ3v) is 2.83. The van der Waals surface area contributed by atoms with Crippen LogP contribution >= 0.6 is 0 Å². The molecule has 84 valence electrons. The molecule has 0 radical (unpaired) electrons. The number of unbranched alkanes of at least 4 members (excludes halogenated alkanes) is 3. The smallest absolute Gasteiger partial charge is 0.144 e. The van der Waals surface area contributed by atoms with Crippen molar-refractivity contribution in [1.82, 2.24) is 4.98 Å². The predicted molar refractivity (Wildman–Crippen MR) is 61.4 cm³/mol. The van der Waals surface area contributed by atoms with Crippen molar-refractivity contribution in [1.29, 1.82) is 0 Å². The summed E-state index contributed by atoms with van der Waals surface area (Å²) in [5.74, 6) is 0.144. The molecule has 0 saturated carbocycles. The van der Waals surface area contributed by atoms with Crippen molar-refractivity contribution in [2.75, 3.05) is 0 Å². The molecule has 15 heavy (non-hydrogen) atoms. The van der Waals surface area contributed by atoms with Gasteiger partial charge in [0.1, 0.15) is 5.82 Å². The summed E-state index contributed by atoms with van der Waals surface area (Å²) in [5.41, 5.74) is 0.807. The summed E-state index contributed by atoms with van der Waals surface area (Å²) >= 11 is 0. The van der Waals surface area contributed by atoms with Crippen molar-refractivity contribution in [2.45, 2.75) is 51.9 Å². The molecule has 0 aliphatic heterocycles. The monoisotopic (exact) mass is 209 g/mol. The van der Waals surface area contributed by atoms with Gasteiger partial charge in [0.2, 0.25) is 0 Å². The van der Waals surface area contributed by atoms with Crippen LogP contribution in [0.1, 0.15) is 57.4 Å². The molecular formula is C13H20FN. The fraction of sp³-hybridized carbons (Fsp3) is 0.615. The van der Waals surface area contributed by atoms with Crippen LogP contribution in [0.5, 0.6) is 0 Å². The molecule has 0 N–H and O–H groups in total. The number of halogens is 1. The zero-order valence-electron chi connectivity index (χ0n) is 9.67. The highest BCUT2D eigenvalue weighted by Crippen LogP contribution is 2.23. The van der Waals surface area contributed by atoms with E-state index in [1.165, 1.54) is 31.9 Å². The number of hydrogen-bond acceptors (Lipinski definition) is 1. The zero-order valence-corrected chi connectivity index (χ0v) is 9.67. The molecule has 0 fully saturated rings. The van der Waals surface area contributed by atoms with Gasteiger partial charge in [-0.1, -0.05) is 39.5 Å². The van der Waals surface area contributed by atoms with Crippen LogP contribution in [0.3, 0.4) is 0 Å². The number of aromatic nitrogens is 1. The number of pyridine rings is 1. The minimum atomic E-state index is -0.166. The Bertz CT molecular complexity index is 286. The summed E-state index contributed by atoms with van der Waals surface area (Å²) in [7, 11) is 0. The van der Waals surface area contributed by atoms with Gasteiger partial charge >= 0.3 is 0 Å². The zero-order chi connectivity index (χ0) is 11.1. The molecule has 1 nitrogen and oxygen atoms in total. The van der Waals surface area contributed by atoms with E-state index >= 15 is 0 Å². The van der Waals surface area contributed by atoms with E-state index in [4.69, 9.17) is 0 Å². The molecule has 0 amide bonds. The first kappa shape index (κ1) is 12.2. The summed E-state index contributed by atoms with van der Waals surface area (Å²) in [4.78, 5) is 3.76. The lowest BCUT2D eigenvalue weighted by Crippen LogP contribution is -1.98. The summed E-state index contributed by atoms with van der Waals surface area (Å²) in [6, 6.07) is 1.79. The Balaban J connectivity index is 2.40. The molecule has 1 unspecified atom stereocenters. The third-order valence-electron chi connectivity index (χ3n) is 2.83. The number of rotatable bonds is 6. The average molecular weight is 209 g/mol. The van der Waals surface area contributed by atoms with Crippen molar-refractivity contribution in [3.63, 3.8) is 0 Å². The number of hydrogen-bond donors (Lipinski definition) is 0. The first-order valence-corrected chi connectivity index (χ1v) is 5.85. The minimum absolute atomic E-state index is 0.166. The van der Waals surface area contributed by atoms with E-state index < -0.39 is 0 Å². The van der Waals surface area contributed by atoms with Gasteiger partial charge in [-0.05, 0) is 24.0 Å². The lowest BCUT2D eigenvalue weighted by Gasteiger charge is -2.11. The van der Waals surface area contributed by atoms with E-state index in [1.54, 1.807) is 12.3 Å². The molecular weight excluding hydrogens is 189 g/mol. The summed E-state index contributed by atoms with van der Waals surface area (Å²) in [6.45, 7) is 4.29. The number of nitrogens with zero attached hydrogens (tertiary/aromatic N) is 1. The third kappa shape index (κ3) is 3.98. The van der Waals surface area contributed by atoms with E-state index in [1.807, 2.05) is 0 Å². The van der Waals surface area contributed by atoms with E-state index in [0.717, 1.165) is 12.0 Å². The Morgan fingerprint density at radius 1 is 1.33 bits per heavy atom. The van der Waals surface area contributed by atoms with Gasteiger partial charge < -0.3 is 0 Å². The summed E-state index contributed by atoms with van der Waals surface area (Å²) < 4.78 is 13.4. The lowest BCUT2D eigenvalue weighted by molar-refractivity contribution is 0.541. The summed E-state index contributed by atoms with van der Waals surface area (Å²) in [5, 5.41) is 0. The first-order chi connectivity index (χ1) is 7.25. The van der Waals surface area contributed by atoms with Gasteiger partial charge in [0, 0.05) is 6.20 Å². The fourth-order valence-corrected chi connectivity index (χ4v) is 1.82. The molecule has 2 heteroatoms. The maximum absolute atomic E-state index is 13.4. The predicted octanol–water partition coefficient (Wildman–Crippen LogP) is 4.29. The second-order valence-electron chi connectivity index (χ2n) is 4.15. The molecule has 1 aromatic heterocycles. The quantitative estimate of drug-likeness (QED) is 0.637. The van der Waals surface area contributed by atoms with Gasteiger partial charge in [0.05, 0.1) is 6.20 Å². The van der Waals surface area contributed by atoms with Crippen molar-refractivity contribution in [3.05, 3.63) is 29.8 Å². The molecule has 1 aromatic rings. The Hall–Kier alpha value is -0.920. The van der Waals surface area contributed by atoms with E-state index in [-0.39, 0.29) is 5.82 Å². The molecule has 0 saturated heterocycles. The lowest BCUT2D eigenvalue weighted by atomic mass is 9.95. The SMILES string of the molecule is CCCCCCC(C)c1ccncc1F. The highest BCUT2D eigenvalue weighted by atomic mass is 19.1. The van der Waals surface area contributed by atoms with Crippen molar-refractivity contribution >= 4 is 0 Å². The Labute approximate surface area is 91.7 Å². The normalized spacial score (nSPS) is 12.7. The first-order valence-electron chi connectivity index (χ1n) is 5.85. The van der Waals surface area contributed by atoms with Crippen LogP contribution in [-0.2, 0) is 0 Å². The van der Waals surface area contributed by atoms with E-state index in [0.29, 0.717) is 5.92 Å². The van der Waals surface area contributed by atoms with Crippen LogP contribution in [-0.4, -0.2) is 4.98 Å². The molecule has 0 spiro atoms. The Morgan fingerprint density at radius 3 is 2.80 bits per heavy atom.